The van der Waals surface area contributed by atoms with Gasteiger partial charge in [-0.1, -0.05) is 91.0 Å². The lowest BCUT2D eigenvalue weighted by atomic mass is 10.1. The van der Waals surface area contributed by atoms with Crippen LogP contribution in [0.15, 0.2) is 125 Å². The van der Waals surface area contributed by atoms with Crippen molar-refractivity contribution in [1.29, 1.82) is 0 Å². The SMILES string of the molecule is O=C(OCCN(Cc1ccccc1)Cc1ccccc1)N1CCC(Nc2ccccc2S(=O)(=O)c2ccccc2)CC1. The average molecular weight is 584 g/mol. The molecule has 0 radical (unpaired) electrons. The monoisotopic (exact) mass is 583 g/mol. The highest BCUT2D eigenvalue weighted by molar-refractivity contribution is 7.91. The molecular weight excluding hydrogens is 546 g/mol. The summed E-state index contributed by atoms with van der Waals surface area (Å²) in [5.41, 5.74) is 3.01. The van der Waals surface area contributed by atoms with E-state index in [0.717, 1.165) is 13.1 Å². The fourth-order valence-corrected chi connectivity index (χ4v) is 6.67. The quantitative estimate of drug-likeness (QED) is 0.225. The average Bonchev–Trinajstić information content (AvgIpc) is 3.03. The van der Waals surface area contributed by atoms with Gasteiger partial charge in [-0.3, -0.25) is 4.90 Å². The first-order valence-electron chi connectivity index (χ1n) is 14.4. The number of hydrogen-bond acceptors (Lipinski definition) is 6. The van der Waals surface area contributed by atoms with Crippen molar-refractivity contribution in [3.8, 4) is 0 Å². The molecule has 1 fully saturated rings. The minimum atomic E-state index is -3.65. The van der Waals surface area contributed by atoms with Crippen LogP contribution in [0.4, 0.5) is 10.5 Å². The van der Waals surface area contributed by atoms with E-state index in [1.165, 1.54) is 11.1 Å². The highest BCUT2D eigenvalue weighted by Gasteiger charge is 2.26. The van der Waals surface area contributed by atoms with Crippen LogP contribution in [0.2, 0.25) is 0 Å². The predicted molar refractivity (Wildman–Crippen MR) is 165 cm³/mol. The van der Waals surface area contributed by atoms with Crippen LogP contribution in [-0.4, -0.2) is 56.6 Å². The van der Waals surface area contributed by atoms with Crippen molar-refractivity contribution in [2.75, 3.05) is 31.6 Å². The van der Waals surface area contributed by atoms with Gasteiger partial charge in [0.15, 0.2) is 0 Å². The number of sulfone groups is 1. The van der Waals surface area contributed by atoms with Gasteiger partial charge in [0, 0.05) is 38.8 Å². The topological polar surface area (TPSA) is 79.0 Å². The molecule has 1 aliphatic rings. The van der Waals surface area contributed by atoms with Gasteiger partial charge in [0.1, 0.15) is 6.61 Å². The number of nitrogens with zero attached hydrogens (tertiary/aromatic N) is 2. The van der Waals surface area contributed by atoms with E-state index < -0.39 is 9.84 Å². The Morgan fingerprint density at radius 3 is 1.88 bits per heavy atom. The molecule has 1 N–H and O–H groups in total. The van der Waals surface area contributed by atoms with Crippen molar-refractivity contribution in [1.82, 2.24) is 9.80 Å². The standard InChI is InChI=1S/C34H37N3O4S/c38-34(41-25-24-36(26-28-12-4-1-5-13-28)27-29-14-6-2-7-15-29)37-22-20-30(21-23-37)35-32-18-10-11-19-33(32)42(39,40)31-16-8-3-9-17-31/h1-19,30,35H,20-27H2. The summed E-state index contributed by atoms with van der Waals surface area (Å²) < 4.78 is 32.3. The van der Waals surface area contributed by atoms with Crippen molar-refractivity contribution in [2.24, 2.45) is 0 Å². The maximum absolute atomic E-state index is 13.3. The largest absolute Gasteiger partial charge is 0.448 e. The number of hydrogen-bond donors (Lipinski definition) is 1. The molecule has 0 spiro atoms. The van der Waals surface area contributed by atoms with Crippen LogP contribution < -0.4 is 5.32 Å². The Morgan fingerprint density at radius 2 is 1.29 bits per heavy atom. The second-order valence-corrected chi connectivity index (χ2v) is 12.4. The van der Waals surface area contributed by atoms with Gasteiger partial charge in [0.05, 0.1) is 15.5 Å². The number of para-hydroxylation sites is 1. The lowest BCUT2D eigenvalue weighted by molar-refractivity contribution is 0.0811. The van der Waals surface area contributed by atoms with Gasteiger partial charge in [-0.05, 0) is 48.2 Å². The van der Waals surface area contributed by atoms with Crippen molar-refractivity contribution in [3.63, 3.8) is 0 Å². The zero-order valence-electron chi connectivity index (χ0n) is 23.6. The summed E-state index contributed by atoms with van der Waals surface area (Å²) >= 11 is 0. The van der Waals surface area contributed by atoms with Crippen molar-refractivity contribution >= 4 is 21.6 Å². The van der Waals surface area contributed by atoms with E-state index in [-0.39, 0.29) is 21.9 Å². The Hall–Kier alpha value is -4.14. The fourth-order valence-electron chi connectivity index (χ4n) is 5.22. The number of likely N-dealkylation sites (tertiary alicyclic amines) is 1. The maximum Gasteiger partial charge on any atom is 0.409 e. The van der Waals surface area contributed by atoms with Gasteiger partial charge >= 0.3 is 6.09 Å². The highest BCUT2D eigenvalue weighted by atomic mass is 32.2. The number of carbonyl (C=O) groups is 1. The molecule has 0 atom stereocenters. The van der Waals surface area contributed by atoms with Crippen LogP contribution in [-0.2, 0) is 27.7 Å². The third-order valence-corrected chi connectivity index (χ3v) is 9.30. The Morgan fingerprint density at radius 1 is 0.762 bits per heavy atom. The molecule has 1 amide bonds. The lowest BCUT2D eigenvalue weighted by Crippen LogP contribution is -2.43. The minimum Gasteiger partial charge on any atom is -0.448 e. The summed E-state index contributed by atoms with van der Waals surface area (Å²) in [6, 6.07) is 36.1. The number of piperidine rings is 1. The number of nitrogens with one attached hydrogen (secondary N) is 1. The molecule has 4 aromatic carbocycles. The van der Waals surface area contributed by atoms with Gasteiger partial charge in [-0.2, -0.15) is 0 Å². The molecule has 1 aliphatic heterocycles. The highest BCUT2D eigenvalue weighted by Crippen LogP contribution is 2.29. The fraction of sp³-hybridized carbons (Fsp3) is 0.265. The molecule has 5 rings (SSSR count). The van der Waals surface area contributed by atoms with E-state index in [1.807, 2.05) is 42.5 Å². The second kappa shape index (κ2) is 14.2. The number of amides is 1. The van der Waals surface area contributed by atoms with E-state index in [9.17, 15) is 13.2 Å². The Balaban J connectivity index is 1.12. The minimum absolute atomic E-state index is 0.0495. The summed E-state index contributed by atoms with van der Waals surface area (Å²) in [7, 11) is -3.65. The first-order valence-corrected chi connectivity index (χ1v) is 15.8. The number of benzene rings is 4. The van der Waals surface area contributed by atoms with Crippen LogP contribution in [0.1, 0.15) is 24.0 Å². The third kappa shape index (κ3) is 7.78. The first-order chi connectivity index (χ1) is 20.5. The molecule has 0 bridgehead atoms. The third-order valence-electron chi connectivity index (χ3n) is 7.47. The normalized spacial score (nSPS) is 14.1. The molecule has 42 heavy (non-hydrogen) atoms. The van der Waals surface area contributed by atoms with Gasteiger partial charge in [-0.15, -0.1) is 0 Å². The van der Waals surface area contributed by atoms with Crippen LogP contribution in [0, 0.1) is 0 Å². The van der Waals surface area contributed by atoms with Crippen molar-refractivity contribution in [3.05, 3.63) is 126 Å². The molecular formula is C34H37N3O4S. The Kier molecular flexibility index (Phi) is 9.90. The van der Waals surface area contributed by atoms with Gasteiger partial charge < -0.3 is 15.0 Å². The summed E-state index contributed by atoms with van der Waals surface area (Å²) in [4.78, 5) is 17.4. The predicted octanol–water partition coefficient (Wildman–Crippen LogP) is 6.23. The summed E-state index contributed by atoms with van der Waals surface area (Å²) in [6.45, 7) is 3.56. The van der Waals surface area contributed by atoms with Crippen LogP contribution in [0.3, 0.4) is 0 Å². The van der Waals surface area contributed by atoms with Gasteiger partial charge in [0.2, 0.25) is 9.84 Å². The maximum atomic E-state index is 13.3. The summed E-state index contributed by atoms with van der Waals surface area (Å²) in [5, 5.41) is 3.42. The second-order valence-electron chi connectivity index (χ2n) is 10.5. The molecule has 7 nitrogen and oxygen atoms in total. The van der Waals surface area contributed by atoms with Crippen LogP contribution >= 0.6 is 0 Å². The van der Waals surface area contributed by atoms with Gasteiger partial charge in [-0.25, -0.2) is 13.2 Å². The molecule has 1 saturated heterocycles. The summed E-state index contributed by atoms with van der Waals surface area (Å²) in [5.74, 6) is 0. The van der Waals surface area contributed by atoms with Crippen molar-refractivity contribution in [2.45, 2.75) is 41.8 Å². The number of ether oxygens (including phenoxy) is 1. The molecule has 1 heterocycles. The number of rotatable bonds is 11. The van der Waals surface area contributed by atoms with Crippen LogP contribution in [0.25, 0.3) is 0 Å². The first kappa shape index (κ1) is 29.4. The van der Waals surface area contributed by atoms with Crippen molar-refractivity contribution < 1.29 is 17.9 Å². The molecule has 0 aliphatic carbocycles. The zero-order chi connectivity index (χ0) is 29.2. The Bertz CT molecular complexity index is 1480. The summed E-state index contributed by atoms with van der Waals surface area (Å²) in [6.07, 6.45) is 1.09. The molecule has 0 saturated carbocycles. The molecule has 0 unspecified atom stereocenters. The molecule has 218 valence electrons. The lowest BCUT2D eigenvalue weighted by Gasteiger charge is -2.33. The smallest absolute Gasteiger partial charge is 0.409 e. The van der Waals surface area contributed by atoms with E-state index in [1.54, 1.807) is 53.4 Å². The van der Waals surface area contributed by atoms with E-state index in [4.69, 9.17) is 4.74 Å². The Labute approximate surface area is 248 Å². The van der Waals surface area contributed by atoms with E-state index in [2.05, 4.69) is 34.5 Å². The van der Waals surface area contributed by atoms with E-state index >= 15 is 0 Å². The molecule has 0 aromatic heterocycles. The zero-order valence-corrected chi connectivity index (χ0v) is 24.5. The van der Waals surface area contributed by atoms with Gasteiger partial charge in [0.25, 0.3) is 0 Å². The van der Waals surface area contributed by atoms with E-state index in [0.29, 0.717) is 44.8 Å². The molecule has 4 aromatic rings. The number of anilines is 1. The van der Waals surface area contributed by atoms with Crippen LogP contribution in [0.5, 0.6) is 0 Å². The number of carbonyl (C=O) groups excluding carboxylic acids is 1. The molecule has 8 heteroatoms.